The smallest absolute Gasteiger partial charge is 0.255 e. The van der Waals surface area contributed by atoms with E-state index < -0.39 is 0 Å². The number of likely N-dealkylation sites (tertiary alicyclic amines) is 1. The Labute approximate surface area is 127 Å². The highest BCUT2D eigenvalue weighted by atomic mass is 35.5. The van der Waals surface area contributed by atoms with E-state index in [2.05, 4.69) is 15.5 Å². The lowest BCUT2D eigenvalue weighted by atomic mass is 9.98. The zero-order valence-corrected chi connectivity index (χ0v) is 12.5. The molecule has 2 heterocycles. The number of amides is 1. The van der Waals surface area contributed by atoms with Gasteiger partial charge in [0, 0.05) is 25.8 Å². The summed E-state index contributed by atoms with van der Waals surface area (Å²) in [6.07, 6.45) is 0. The van der Waals surface area contributed by atoms with Gasteiger partial charge in [-0.15, -0.1) is 0 Å². The molecule has 1 aromatic heterocycles. The van der Waals surface area contributed by atoms with Crippen LogP contribution in [0.25, 0.3) is 0 Å². The van der Waals surface area contributed by atoms with Gasteiger partial charge in [0.15, 0.2) is 5.82 Å². The molecule has 7 heteroatoms. The molecule has 1 N–H and O–H groups in total. The molecule has 0 aliphatic carbocycles. The van der Waals surface area contributed by atoms with Gasteiger partial charge in [0.25, 0.3) is 5.91 Å². The van der Waals surface area contributed by atoms with Crippen LogP contribution in [0.4, 0.5) is 5.69 Å². The lowest BCUT2D eigenvalue weighted by Crippen LogP contribution is -2.48. The number of nitrogens with one attached hydrogen (secondary N) is 1. The highest BCUT2D eigenvalue weighted by molar-refractivity contribution is 6.34. The average Bonchev–Trinajstić information content (AvgIpc) is 2.84. The predicted molar refractivity (Wildman–Crippen MR) is 78.7 cm³/mol. The molecule has 0 saturated carbocycles. The van der Waals surface area contributed by atoms with Gasteiger partial charge >= 0.3 is 0 Å². The number of halogens is 1. The van der Waals surface area contributed by atoms with Crippen LogP contribution >= 0.6 is 11.6 Å². The number of carbonyl (C=O) groups is 1. The first-order valence-electron chi connectivity index (χ1n) is 6.65. The van der Waals surface area contributed by atoms with Gasteiger partial charge in [-0.1, -0.05) is 16.8 Å². The second-order valence-corrected chi connectivity index (χ2v) is 5.44. The van der Waals surface area contributed by atoms with Gasteiger partial charge in [-0.25, -0.2) is 0 Å². The summed E-state index contributed by atoms with van der Waals surface area (Å²) in [5.74, 6) is 1.23. The third-order valence-corrected chi connectivity index (χ3v) is 3.88. The third-order valence-electron chi connectivity index (χ3n) is 3.55. The molecule has 3 rings (SSSR count). The number of rotatable bonds is 3. The number of carbonyl (C=O) groups excluding carboxylic acids is 1. The van der Waals surface area contributed by atoms with Crippen molar-refractivity contribution < 1.29 is 9.32 Å². The highest BCUT2D eigenvalue weighted by Crippen LogP contribution is 2.29. The summed E-state index contributed by atoms with van der Waals surface area (Å²) in [6, 6.07) is 5.31. The highest BCUT2D eigenvalue weighted by Gasteiger charge is 2.36. The molecule has 0 atom stereocenters. The van der Waals surface area contributed by atoms with Crippen LogP contribution in [0.1, 0.15) is 28.0 Å². The van der Waals surface area contributed by atoms with Gasteiger partial charge in [0.1, 0.15) is 0 Å². The maximum absolute atomic E-state index is 12.4. The maximum atomic E-state index is 12.4. The Morgan fingerprint density at radius 1 is 1.48 bits per heavy atom. The summed E-state index contributed by atoms with van der Waals surface area (Å²) in [6.45, 7) is 2.92. The normalized spacial score (nSPS) is 14.9. The minimum absolute atomic E-state index is 0.0791. The fourth-order valence-corrected chi connectivity index (χ4v) is 2.49. The van der Waals surface area contributed by atoms with Gasteiger partial charge < -0.3 is 14.7 Å². The molecule has 21 heavy (non-hydrogen) atoms. The molecule has 2 aromatic rings. The Morgan fingerprint density at radius 2 is 2.24 bits per heavy atom. The van der Waals surface area contributed by atoms with Crippen LogP contribution in [0.2, 0.25) is 5.02 Å². The Kier molecular flexibility index (Phi) is 3.55. The molecular weight excluding hydrogens is 292 g/mol. The fraction of sp³-hybridized carbons (Fsp3) is 0.357. The van der Waals surface area contributed by atoms with Gasteiger partial charge in [-0.3, -0.25) is 4.79 Å². The SMILES string of the molecule is CNc1ccc(Cl)c(C(=O)N2CC(c3nc(C)no3)C2)c1. The minimum atomic E-state index is -0.0791. The lowest BCUT2D eigenvalue weighted by molar-refractivity contribution is 0.0569. The number of hydrogen-bond acceptors (Lipinski definition) is 5. The Balaban J connectivity index is 1.71. The summed E-state index contributed by atoms with van der Waals surface area (Å²) >= 11 is 6.11. The average molecular weight is 307 g/mol. The van der Waals surface area contributed by atoms with E-state index in [9.17, 15) is 4.79 Å². The van der Waals surface area contributed by atoms with E-state index >= 15 is 0 Å². The monoisotopic (exact) mass is 306 g/mol. The molecule has 0 unspecified atom stereocenters. The summed E-state index contributed by atoms with van der Waals surface area (Å²) in [5, 5.41) is 7.22. The molecule has 0 spiro atoms. The Bertz CT molecular complexity index is 679. The van der Waals surface area contributed by atoms with E-state index in [0.717, 1.165) is 5.69 Å². The van der Waals surface area contributed by atoms with E-state index in [4.69, 9.17) is 16.1 Å². The number of benzene rings is 1. The van der Waals surface area contributed by atoms with Crippen LogP contribution in [-0.4, -0.2) is 41.1 Å². The van der Waals surface area contributed by atoms with Crippen LogP contribution in [-0.2, 0) is 0 Å². The number of nitrogens with zero attached hydrogens (tertiary/aromatic N) is 3. The van der Waals surface area contributed by atoms with Crippen molar-refractivity contribution in [2.75, 3.05) is 25.5 Å². The van der Waals surface area contributed by atoms with Crippen LogP contribution in [0.15, 0.2) is 22.7 Å². The summed E-state index contributed by atoms with van der Waals surface area (Å²) in [5.41, 5.74) is 1.36. The first-order chi connectivity index (χ1) is 10.1. The largest absolute Gasteiger partial charge is 0.388 e. The summed E-state index contributed by atoms with van der Waals surface area (Å²) in [7, 11) is 1.80. The van der Waals surface area contributed by atoms with E-state index in [1.807, 2.05) is 6.07 Å². The van der Waals surface area contributed by atoms with Crippen molar-refractivity contribution in [1.29, 1.82) is 0 Å². The van der Waals surface area contributed by atoms with E-state index in [0.29, 0.717) is 35.4 Å². The summed E-state index contributed by atoms with van der Waals surface area (Å²) < 4.78 is 5.13. The van der Waals surface area contributed by atoms with Crippen molar-refractivity contribution in [1.82, 2.24) is 15.0 Å². The zero-order chi connectivity index (χ0) is 15.0. The lowest BCUT2D eigenvalue weighted by Gasteiger charge is -2.37. The summed E-state index contributed by atoms with van der Waals surface area (Å²) in [4.78, 5) is 18.4. The second-order valence-electron chi connectivity index (χ2n) is 5.03. The van der Waals surface area contributed by atoms with E-state index in [1.54, 1.807) is 31.0 Å². The van der Waals surface area contributed by atoms with Crippen molar-refractivity contribution in [3.05, 3.63) is 40.5 Å². The van der Waals surface area contributed by atoms with E-state index in [-0.39, 0.29) is 11.8 Å². The van der Waals surface area contributed by atoms with Crippen molar-refractivity contribution in [2.24, 2.45) is 0 Å². The Hall–Kier alpha value is -2.08. The molecule has 1 aliphatic heterocycles. The maximum Gasteiger partial charge on any atom is 0.255 e. The van der Waals surface area contributed by atoms with Gasteiger partial charge in [-0.05, 0) is 25.1 Å². The molecule has 0 bridgehead atoms. The Morgan fingerprint density at radius 3 is 2.86 bits per heavy atom. The first-order valence-corrected chi connectivity index (χ1v) is 7.03. The molecular formula is C14H15ClN4O2. The predicted octanol–water partition coefficient (Wildman–Crippen LogP) is 2.31. The van der Waals surface area contributed by atoms with Gasteiger partial charge in [0.2, 0.25) is 5.89 Å². The molecule has 110 valence electrons. The molecule has 1 aliphatic rings. The van der Waals surface area contributed by atoms with Gasteiger partial charge in [-0.2, -0.15) is 4.98 Å². The number of aryl methyl sites for hydroxylation is 1. The molecule has 1 aromatic carbocycles. The number of hydrogen-bond donors (Lipinski definition) is 1. The number of anilines is 1. The molecule has 0 radical (unpaired) electrons. The second kappa shape index (κ2) is 5.37. The molecule has 1 fully saturated rings. The van der Waals surface area contributed by atoms with Crippen molar-refractivity contribution in [2.45, 2.75) is 12.8 Å². The molecule has 1 amide bonds. The van der Waals surface area contributed by atoms with Crippen LogP contribution < -0.4 is 5.32 Å². The van der Waals surface area contributed by atoms with Crippen molar-refractivity contribution in [3.63, 3.8) is 0 Å². The van der Waals surface area contributed by atoms with Crippen LogP contribution in [0.3, 0.4) is 0 Å². The van der Waals surface area contributed by atoms with Gasteiger partial charge in [0.05, 0.1) is 16.5 Å². The third kappa shape index (κ3) is 2.58. The molecule has 1 saturated heterocycles. The minimum Gasteiger partial charge on any atom is -0.388 e. The van der Waals surface area contributed by atoms with Crippen molar-refractivity contribution >= 4 is 23.2 Å². The van der Waals surface area contributed by atoms with Crippen LogP contribution in [0.5, 0.6) is 0 Å². The molecule has 6 nitrogen and oxygen atoms in total. The first kappa shape index (κ1) is 13.9. The van der Waals surface area contributed by atoms with Crippen molar-refractivity contribution in [3.8, 4) is 0 Å². The van der Waals surface area contributed by atoms with E-state index in [1.165, 1.54) is 0 Å². The topological polar surface area (TPSA) is 71.3 Å². The zero-order valence-electron chi connectivity index (χ0n) is 11.8. The van der Waals surface area contributed by atoms with Crippen LogP contribution in [0, 0.1) is 6.92 Å². The quantitative estimate of drug-likeness (QED) is 0.942. The standard InChI is InChI=1S/C14H15ClN4O2/c1-8-17-13(21-18-8)9-6-19(7-9)14(20)11-5-10(16-2)3-4-12(11)15/h3-5,9,16H,6-7H2,1-2H3. The number of aromatic nitrogens is 2. The fourth-order valence-electron chi connectivity index (χ4n) is 2.29.